The minimum atomic E-state index is -1.01. The van der Waals surface area contributed by atoms with E-state index in [1.807, 2.05) is 0 Å². The molecule has 4 N–H and O–H groups in total. The molecule has 74 valence electrons. The van der Waals surface area contributed by atoms with Gasteiger partial charge in [-0.25, -0.2) is 4.79 Å². The van der Waals surface area contributed by atoms with Crippen molar-refractivity contribution in [1.29, 1.82) is 0 Å². The summed E-state index contributed by atoms with van der Waals surface area (Å²) in [7, 11) is 0. The summed E-state index contributed by atoms with van der Waals surface area (Å²) in [4.78, 5) is 21.9. The van der Waals surface area contributed by atoms with Crippen LogP contribution in [0.1, 0.15) is 6.92 Å². The number of hydrogen-bond donors (Lipinski definition) is 3. The molecule has 0 spiro atoms. The fourth-order valence-electron chi connectivity index (χ4n) is 1.07. The van der Waals surface area contributed by atoms with Crippen molar-refractivity contribution in [2.75, 3.05) is 5.75 Å². The molecule has 1 aliphatic rings. The zero-order valence-corrected chi connectivity index (χ0v) is 8.00. The van der Waals surface area contributed by atoms with Crippen LogP contribution in [0.25, 0.3) is 0 Å². The largest absolute Gasteiger partial charge is 0.480 e. The molecular weight excluding hydrogens is 192 g/mol. The minimum Gasteiger partial charge on any atom is -0.480 e. The average Bonchev–Trinajstić information content (AvgIpc) is 2.18. The van der Waals surface area contributed by atoms with Gasteiger partial charge >= 0.3 is 5.97 Å². The normalized spacial score (nSPS) is 34.9. The molecule has 0 aromatic rings. The van der Waals surface area contributed by atoms with Gasteiger partial charge in [-0.2, -0.15) is 11.8 Å². The maximum Gasteiger partial charge on any atom is 0.327 e. The minimum absolute atomic E-state index is 0.144. The van der Waals surface area contributed by atoms with Crippen molar-refractivity contribution in [3.8, 4) is 0 Å². The lowest BCUT2D eigenvalue weighted by atomic mass is 10.2. The highest BCUT2D eigenvalue weighted by Gasteiger charge is 2.32. The topological polar surface area (TPSA) is 92.4 Å². The van der Waals surface area contributed by atoms with E-state index in [9.17, 15) is 9.59 Å². The molecule has 5 nitrogen and oxygen atoms in total. The van der Waals surface area contributed by atoms with Gasteiger partial charge in [0.05, 0.1) is 6.04 Å². The van der Waals surface area contributed by atoms with Gasteiger partial charge in [0.1, 0.15) is 6.04 Å². The molecule has 1 saturated heterocycles. The first-order chi connectivity index (χ1) is 6.02. The Kier molecular flexibility index (Phi) is 3.16. The van der Waals surface area contributed by atoms with Gasteiger partial charge in [0.25, 0.3) is 0 Å². The molecule has 3 atom stereocenters. The predicted molar refractivity (Wildman–Crippen MR) is 49.5 cm³/mol. The van der Waals surface area contributed by atoms with Crippen LogP contribution in [-0.2, 0) is 9.59 Å². The summed E-state index contributed by atoms with van der Waals surface area (Å²) in [5.41, 5.74) is 5.48. The zero-order valence-electron chi connectivity index (χ0n) is 7.19. The lowest BCUT2D eigenvalue weighted by molar-refractivity contribution is -0.141. The predicted octanol–water partition coefficient (Wildman–Crippen LogP) is -0.982. The number of hydrogen-bond acceptors (Lipinski definition) is 4. The number of carbonyl (C=O) groups is 2. The van der Waals surface area contributed by atoms with E-state index in [0.717, 1.165) is 0 Å². The van der Waals surface area contributed by atoms with Crippen molar-refractivity contribution < 1.29 is 14.7 Å². The fraction of sp³-hybridized carbons (Fsp3) is 0.714. The number of carbonyl (C=O) groups excluding carboxylic acids is 1. The van der Waals surface area contributed by atoms with Gasteiger partial charge in [0.2, 0.25) is 5.91 Å². The summed E-state index contributed by atoms with van der Waals surface area (Å²) >= 11 is 1.40. The van der Waals surface area contributed by atoms with E-state index in [1.165, 1.54) is 11.8 Å². The van der Waals surface area contributed by atoms with Gasteiger partial charge in [-0.15, -0.1) is 0 Å². The second-order valence-corrected chi connectivity index (χ2v) is 4.38. The summed E-state index contributed by atoms with van der Waals surface area (Å²) in [5.74, 6) is -0.928. The van der Waals surface area contributed by atoms with E-state index >= 15 is 0 Å². The van der Waals surface area contributed by atoms with E-state index in [1.54, 1.807) is 6.92 Å². The second kappa shape index (κ2) is 3.97. The molecular formula is C7H12N2O3S. The monoisotopic (exact) mass is 204 g/mol. The van der Waals surface area contributed by atoms with Crippen molar-refractivity contribution in [2.45, 2.75) is 24.3 Å². The molecule has 0 aliphatic carbocycles. The molecule has 1 amide bonds. The Labute approximate surface area is 80.1 Å². The molecule has 2 unspecified atom stereocenters. The third kappa shape index (κ3) is 2.35. The lowest BCUT2D eigenvalue weighted by Crippen LogP contribution is -2.49. The van der Waals surface area contributed by atoms with E-state index in [-0.39, 0.29) is 11.2 Å². The Morgan fingerprint density at radius 3 is 2.92 bits per heavy atom. The molecule has 0 saturated carbocycles. The van der Waals surface area contributed by atoms with Crippen molar-refractivity contribution in [1.82, 2.24) is 5.32 Å². The summed E-state index contributed by atoms with van der Waals surface area (Å²) in [6.45, 7) is 1.77. The number of rotatable bonds is 1. The highest BCUT2D eigenvalue weighted by Crippen LogP contribution is 2.18. The van der Waals surface area contributed by atoms with Gasteiger partial charge in [-0.1, -0.05) is 6.92 Å². The smallest absolute Gasteiger partial charge is 0.327 e. The zero-order chi connectivity index (χ0) is 10.0. The maximum atomic E-state index is 11.2. The van der Waals surface area contributed by atoms with Crippen LogP contribution in [0.15, 0.2) is 0 Å². The SMILES string of the molecule is C[C@H]1SCC(N)C(=O)NC1C(=O)O. The average molecular weight is 204 g/mol. The molecule has 0 aromatic carbocycles. The van der Waals surface area contributed by atoms with Crippen LogP contribution in [0.3, 0.4) is 0 Å². The first-order valence-corrected chi connectivity index (χ1v) is 4.97. The number of carboxylic acids is 1. The van der Waals surface area contributed by atoms with Crippen LogP contribution in [-0.4, -0.2) is 40.1 Å². The molecule has 1 heterocycles. The van der Waals surface area contributed by atoms with E-state index in [2.05, 4.69) is 5.32 Å². The highest BCUT2D eigenvalue weighted by atomic mass is 32.2. The van der Waals surface area contributed by atoms with Crippen LogP contribution < -0.4 is 11.1 Å². The molecule has 6 heteroatoms. The van der Waals surface area contributed by atoms with Gasteiger partial charge in [-0.05, 0) is 0 Å². The van der Waals surface area contributed by atoms with Gasteiger partial charge < -0.3 is 16.2 Å². The van der Waals surface area contributed by atoms with Crippen LogP contribution in [0.5, 0.6) is 0 Å². The Morgan fingerprint density at radius 1 is 1.77 bits per heavy atom. The Balaban J connectivity index is 2.74. The number of nitrogens with two attached hydrogens (primary N) is 1. The third-order valence-electron chi connectivity index (χ3n) is 1.91. The lowest BCUT2D eigenvalue weighted by Gasteiger charge is -2.16. The van der Waals surface area contributed by atoms with E-state index in [0.29, 0.717) is 5.75 Å². The molecule has 0 radical (unpaired) electrons. The molecule has 1 rings (SSSR count). The summed E-state index contributed by atoms with van der Waals surface area (Å²) in [6.07, 6.45) is 0. The van der Waals surface area contributed by atoms with Gasteiger partial charge in [0, 0.05) is 11.0 Å². The second-order valence-electron chi connectivity index (χ2n) is 2.97. The van der Waals surface area contributed by atoms with Crippen molar-refractivity contribution >= 4 is 23.6 Å². The fourth-order valence-corrected chi connectivity index (χ4v) is 2.11. The first kappa shape index (κ1) is 10.3. The summed E-state index contributed by atoms with van der Waals surface area (Å²) < 4.78 is 0. The molecule has 0 aromatic heterocycles. The van der Waals surface area contributed by atoms with Crippen molar-refractivity contribution in [3.05, 3.63) is 0 Å². The Bertz CT molecular complexity index is 234. The maximum absolute atomic E-state index is 11.2. The number of carboxylic acid groups (broad SMARTS) is 1. The van der Waals surface area contributed by atoms with E-state index in [4.69, 9.17) is 10.8 Å². The molecule has 13 heavy (non-hydrogen) atoms. The molecule has 1 fully saturated rings. The molecule has 0 bridgehead atoms. The van der Waals surface area contributed by atoms with Crippen molar-refractivity contribution in [2.24, 2.45) is 5.73 Å². The van der Waals surface area contributed by atoms with Crippen LogP contribution in [0.2, 0.25) is 0 Å². The first-order valence-electron chi connectivity index (χ1n) is 3.92. The number of nitrogens with one attached hydrogen (secondary N) is 1. The summed E-state index contributed by atoms with van der Waals surface area (Å²) in [6, 6.07) is -1.43. The molecule has 1 aliphatic heterocycles. The van der Waals surface area contributed by atoms with Crippen molar-refractivity contribution in [3.63, 3.8) is 0 Å². The quantitative estimate of drug-likeness (QED) is 0.510. The van der Waals surface area contributed by atoms with Gasteiger partial charge in [0.15, 0.2) is 0 Å². The summed E-state index contributed by atoms with van der Waals surface area (Å²) in [5, 5.41) is 11.0. The Hall–Kier alpha value is -0.750. The number of thioether (sulfide) groups is 1. The van der Waals surface area contributed by atoms with E-state index < -0.39 is 18.1 Å². The number of amides is 1. The Morgan fingerprint density at radius 2 is 2.38 bits per heavy atom. The standard InChI is InChI=1S/C7H12N2O3S/c1-3-5(7(11)12)9-6(10)4(8)2-13-3/h3-5H,2,8H2,1H3,(H,9,10)(H,11,12)/t3-,4?,5?/m1/s1. The van der Waals surface area contributed by atoms with Crippen LogP contribution in [0.4, 0.5) is 0 Å². The third-order valence-corrected chi connectivity index (χ3v) is 3.26. The van der Waals surface area contributed by atoms with Crippen LogP contribution in [0, 0.1) is 0 Å². The van der Waals surface area contributed by atoms with Crippen LogP contribution >= 0.6 is 11.8 Å². The van der Waals surface area contributed by atoms with Gasteiger partial charge in [-0.3, -0.25) is 4.79 Å². The highest BCUT2D eigenvalue weighted by molar-refractivity contribution is 8.00. The number of aliphatic carboxylic acids is 1.